The van der Waals surface area contributed by atoms with Crippen LogP contribution in [0, 0.1) is 6.92 Å². The molecule has 6 nitrogen and oxygen atoms in total. The van der Waals surface area contributed by atoms with Crippen molar-refractivity contribution in [2.75, 3.05) is 6.54 Å². The van der Waals surface area contributed by atoms with Crippen molar-refractivity contribution in [3.05, 3.63) is 94.4 Å². The third-order valence-electron chi connectivity index (χ3n) is 5.90. The van der Waals surface area contributed by atoms with Gasteiger partial charge in [-0.2, -0.15) is 0 Å². The van der Waals surface area contributed by atoms with Crippen LogP contribution in [0.1, 0.15) is 17.5 Å². The molecule has 5 aromatic rings. The van der Waals surface area contributed by atoms with Gasteiger partial charge in [0, 0.05) is 29.8 Å². The van der Waals surface area contributed by atoms with Gasteiger partial charge in [0.25, 0.3) is 5.56 Å². The Morgan fingerprint density at radius 1 is 1.06 bits per heavy atom. The summed E-state index contributed by atoms with van der Waals surface area (Å²) in [4.78, 5) is 20.8. The molecule has 3 N–H and O–H groups in total. The van der Waals surface area contributed by atoms with Gasteiger partial charge in [-0.05, 0) is 49.2 Å². The zero-order valence-corrected chi connectivity index (χ0v) is 18.5. The van der Waals surface area contributed by atoms with E-state index >= 15 is 0 Å². The maximum atomic E-state index is 13.0. The monoisotopic (exact) mass is 438 g/mol. The molecule has 0 bridgehead atoms. The second kappa shape index (κ2) is 8.92. The molecule has 0 aliphatic carbocycles. The third kappa shape index (κ3) is 4.13. The predicted octanol–water partition coefficient (Wildman–Crippen LogP) is 4.78. The van der Waals surface area contributed by atoms with E-state index in [1.54, 1.807) is 0 Å². The Kier molecular flexibility index (Phi) is 5.67. The van der Waals surface area contributed by atoms with Crippen LogP contribution in [0.25, 0.3) is 33.2 Å². The van der Waals surface area contributed by atoms with Crippen molar-refractivity contribution in [2.45, 2.75) is 26.5 Å². The minimum absolute atomic E-state index is 0.195. The SMILES string of the molecule is Cc1cccc2nc(-c3cn(CCCN)c4cc(OCc5ccccc5)ccc34)c(=O)[nH]c12. The average Bonchev–Trinajstić information content (AvgIpc) is 3.20. The van der Waals surface area contributed by atoms with Crippen molar-refractivity contribution < 1.29 is 4.74 Å². The number of aryl methyl sites for hydroxylation is 2. The molecule has 33 heavy (non-hydrogen) atoms. The molecule has 2 aromatic heterocycles. The number of nitrogens with two attached hydrogens (primary N) is 1. The second-order valence-corrected chi connectivity index (χ2v) is 8.22. The molecule has 6 heteroatoms. The number of fused-ring (bicyclic) bond motifs is 2. The number of aromatic nitrogens is 3. The van der Waals surface area contributed by atoms with Crippen LogP contribution in [0.4, 0.5) is 0 Å². The summed E-state index contributed by atoms with van der Waals surface area (Å²) in [6.45, 7) is 3.80. The van der Waals surface area contributed by atoms with E-state index in [4.69, 9.17) is 15.5 Å². The van der Waals surface area contributed by atoms with Gasteiger partial charge in [-0.15, -0.1) is 0 Å². The van der Waals surface area contributed by atoms with E-state index in [9.17, 15) is 4.79 Å². The second-order valence-electron chi connectivity index (χ2n) is 8.22. The van der Waals surface area contributed by atoms with E-state index in [1.165, 1.54) is 0 Å². The summed E-state index contributed by atoms with van der Waals surface area (Å²) >= 11 is 0. The van der Waals surface area contributed by atoms with Crippen molar-refractivity contribution in [1.82, 2.24) is 14.5 Å². The number of nitrogens with one attached hydrogen (secondary N) is 1. The summed E-state index contributed by atoms with van der Waals surface area (Å²) in [5.74, 6) is 0.779. The predicted molar refractivity (Wildman–Crippen MR) is 132 cm³/mol. The first-order valence-corrected chi connectivity index (χ1v) is 11.1. The Balaban J connectivity index is 1.59. The topological polar surface area (TPSA) is 85.9 Å². The summed E-state index contributed by atoms with van der Waals surface area (Å²) in [5.41, 5.74) is 11.5. The van der Waals surface area contributed by atoms with Gasteiger partial charge in [0.2, 0.25) is 0 Å². The molecule has 166 valence electrons. The zero-order chi connectivity index (χ0) is 22.8. The van der Waals surface area contributed by atoms with Gasteiger partial charge in [-0.1, -0.05) is 42.5 Å². The molecule has 0 aliphatic rings. The average molecular weight is 439 g/mol. The number of para-hydroxylation sites is 1. The van der Waals surface area contributed by atoms with Crippen LogP contribution in [-0.4, -0.2) is 21.1 Å². The molecule has 0 unspecified atom stereocenters. The largest absolute Gasteiger partial charge is 0.489 e. The Hall–Kier alpha value is -3.90. The van der Waals surface area contributed by atoms with Gasteiger partial charge < -0.3 is 20.0 Å². The fraction of sp³-hybridized carbons (Fsp3) is 0.185. The Bertz CT molecular complexity index is 1490. The van der Waals surface area contributed by atoms with Crippen LogP contribution in [0.5, 0.6) is 5.75 Å². The van der Waals surface area contributed by atoms with Gasteiger partial charge in [-0.3, -0.25) is 4.79 Å². The summed E-state index contributed by atoms with van der Waals surface area (Å²) in [7, 11) is 0. The van der Waals surface area contributed by atoms with Crippen LogP contribution >= 0.6 is 0 Å². The van der Waals surface area contributed by atoms with Crippen molar-refractivity contribution in [1.29, 1.82) is 0 Å². The smallest absolute Gasteiger partial charge is 0.275 e. The van der Waals surface area contributed by atoms with Crippen molar-refractivity contribution in [3.63, 3.8) is 0 Å². The molecule has 0 saturated heterocycles. The highest BCUT2D eigenvalue weighted by Gasteiger charge is 2.16. The molecule has 5 rings (SSSR count). The molecule has 0 aliphatic heterocycles. The number of nitrogens with zero attached hydrogens (tertiary/aromatic N) is 2. The van der Waals surface area contributed by atoms with Gasteiger partial charge in [0.15, 0.2) is 0 Å². The third-order valence-corrected chi connectivity index (χ3v) is 5.90. The molecule has 2 heterocycles. The van der Waals surface area contributed by atoms with Crippen molar-refractivity contribution >= 4 is 21.9 Å². The molecule has 0 atom stereocenters. The summed E-state index contributed by atoms with van der Waals surface area (Å²) in [6, 6.07) is 21.9. The summed E-state index contributed by atoms with van der Waals surface area (Å²) < 4.78 is 8.18. The number of ether oxygens (including phenoxy) is 1. The Morgan fingerprint density at radius 2 is 1.91 bits per heavy atom. The van der Waals surface area contributed by atoms with Gasteiger partial charge in [-0.25, -0.2) is 4.98 Å². The molecule has 0 radical (unpaired) electrons. The van der Waals surface area contributed by atoms with Crippen LogP contribution < -0.4 is 16.0 Å². The number of benzene rings is 3. The Morgan fingerprint density at radius 3 is 2.73 bits per heavy atom. The molecular formula is C27H26N4O2. The minimum atomic E-state index is -0.195. The first-order chi connectivity index (χ1) is 16.1. The normalized spacial score (nSPS) is 11.3. The van der Waals surface area contributed by atoms with E-state index in [-0.39, 0.29) is 5.56 Å². The molecule has 0 spiro atoms. The van der Waals surface area contributed by atoms with E-state index in [1.807, 2.05) is 79.9 Å². The molecule has 0 amide bonds. The highest BCUT2D eigenvalue weighted by atomic mass is 16.5. The van der Waals surface area contributed by atoms with Crippen LogP contribution in [0.2, 0.25) is 0 Å². The number of hydrogen-bond acceptors (Lipinski definition) is 4. The maximum absolute atomic E-state index is 13.0. The van der Waals surface area contributed by atoms with Gasteiger partial charge >= 0.3 is 0 Å². The van der Waals surface area contributed by atoms with E-state index in [0.29, 0.717) is 18.8 Å². The van der Waals surface area contributed by atoms with E-state index < -0.39 is 0 Å². The lowest BCUT2D eigenvalue weighted by molar-refractivity contribution is 0.306. The molecule has 3 aromatic carbocycles. The summed E-state index contributed by atoms with van der Waals surface area (Å²) in [5, 5.41) is 0.962. The summed E-state index contributed by atoms with van der Waals surface area (Å²) in [6.07, 6.45) is 2.83. The maximum Gasteiger partial charge on any atom is 0.275 e. The lowest BCUT2D eigenvalue weighted by Crippen LogP contribution is -2.12. The highest BCUT2D eigenvalue weighted by molar-refractivity contribution is 5.96. The van der Waals surface area contributed by atoms with E-state index in [0.717, 1.165) is 57.3 Å². The lowest BCUT2D eigenvalue weighted by Gasteiger charge is -2.08. The highest BCUT2D eigenvalue weighted by Crippen LogP contribution is 2.32. The Labute approximate surface area is 191 Å². The molecular weight excluding hydrogens is 412 g/mol. The number of H-pyrrole nitrogens is 1. The zero-order valence-electron chi connectivity index (χ0n) is 18.5. The minimum Gasteiger partial charge on any atom is -0.489 e. The van der Waals surface area contributed by atoms with E-state index in [2.05, 4.69) is 9.55 Å². The quantitative estimate of drug-likeness (QED) is 0.383. The van der Waals surface area contributed by atoms with Crippen LogP contribution in [0.3, 0.4) is 0 Å². The number of aromatic amines is 1. The molecule has 0 saturated carbocycles. The van der Waals surface area contributed by atoms with Crippen LogP contribution in [0.15, 0.2) is 77.7 Å². The standard InChI is InChI=1S/C27H26N4O2/c1-18-7-5-10-23-25(18)30-27(32)26(29-23)22-16-31(14-6-13-28)24-15-20(11-12-21(22)24)33-17-19-8-3-2-4-9-19/h2-5,7-12,15-16H,6,13-14,17,28H2,1H3,(H,30,32). The lowest BCUT2D eigenvalue weighted by atomic mass is 10.1. The van der Waals surface area contributed by atoms with Crippen LogP contribution in [-0.2, 0) is 13.2 Å². The fourth-order valence-electron chi connectivity index (χ4n) is 4.17. The van der Waals surface area contributed by atoms with Gasteiger partial charge in [0.05, 0.1) is 16.6 Å². The van der Waals surface area contributed by atoms with Crippen molar-refractivity contribution in [2.24, 2.45) is 5.73 Å². The van der Waals surface area contributed by atoms with Gasteiger partial charge in [0.1, 0.15) is 18.1 Å². The first kappa shape index (κ1) is 21.0. The van der Waals surface area contributed by atoms with Crippen molar-refractivity contribution in [3.8, 4) is 17.0 Å². The number of hydrogen-bond donors (Lipinski definition) is 2. The number of rotatable bonds is 7. The first-order valence-electron chi connectivity index (χ1n) is 11.1. The fourth-order valence-corrected chi connectivity index (χ4v) is 4.17. The molecule has 0 fully saturated rings.